The second-order valence-corrected chi connectivity index (χ2v) is 2.58. The Labute approximate surface area is 76.4 Å². The smallest absolute Gasteiger partial charge is 0.229 e. The predicted octanol–water partition coefficient (Wildman–Crippen LogP) is 0.860. The topological polar surface area (TPSA) is 49.8 Å². The molecule has 0 atom stereocenters. The number of Topliss-reactive ketones (excluding diaryl/α,β-unsaturated/α-hetero) is 1. The quantitative estimate of drug-likeness (QED) is 0.507. The van der Waals surface area contributed by atoms with Crippen LogP contribution in [-0.4, -0.2) is 30.2 Å². The largest absolute Gasteiger partial charge is 0.493 e. The van der Waals surface area contributed by atoms with Gasteiger partial charge in [0.1, 0.15) is 0 Å². The first-order valence-corrected chi connectivity index (χ1v) is 3.75. The maximum Gasteiger partial charge on any atom is 0.229 e. The Morgan fingerprint density at radius 3 is 2.85 bits per heavy atom. The minimum absolute atomic E-state index is 0.231. The maximum atomic E-state index is 11.4. The van der Waals surface area contributed by atoms with Gasteiger partial charge in [0.15, 0.2) is 5.76 Å². The fraction of sp³-hybridized carbons (Fsp3) is 0.222. The van der Waals surface area contributed by atoms with Gasteiger partial charge in [-0.1, -0.05) is 6.08 Å². The molecule has 0 heterocycles. The zero-order valence-corrected chi connectivity index (χ0v) is 7.52. The van der Waals surface area contributed by atoms with Gasteiger partial charge in [0.05, 0.1) is 7.11 Å². The third-order valence-electron chi connectivity index (χ3n) is 1.56. The highest BCUT2D eigenvalue weighted by atomic mass is 16.5. The highest BCUT2D eigenvalue weighted by Crippen LogP contribution is 2.14. The zero-order valence-electron chi connectivity index (χ0n) is 7.52. The monoisotopic (exact) mass is 181 g/mol. The molecule has 1 aliphatic rings. The molecule has 1 N–H and O–H groups in total. The standard InChI is InChI=1S/C9H11NO3/c1-10(12)6-7-4-3-5-8(13-2)9(7)11/h3-6,12H,1-2H3. The minimum Gasteiger partial charge on any atom is -0.493 e. The van der Waals surface area contributed by atoms with Crippen LogP contribution in [0.3, 0.4) is 0 Å². The number of carbonyl (C=O) groups is 1. The van der Waals surface area contributed by atoms with E-state index in [9.17, 15) is 4.79 Å². The summed E-state index contributed by atoms with van der Waals surface area (Å²) in [5, 5.41) is 9.72. The van der Waals surface area contributed by atoms with E-state index < -0.39 is 0 Å². The van der Waals surface area contributed by atoms with E-state index in [-0.39, 0.29) is 11.5 Å². The van der Waals surface area contributed by atoms with Crippen LogP contribution in [0.2, 0.25) is 0 Å². The molecule has 0 aliphatic heterocycles. The second-order valence-electron chi connectivity index (χ2n) is 2.58. The Bertz CT molecular complexity index is 300. The molecule has 4 nitrogen and oxygen atoms in total. The van der Waals surface area contributed by atoms with Crippen molar-refractivity contribution < 1.29 is 14.7 Å². The zero-order chi connectivity index (χ0) is 9.84. The van der Waals surface area contributed by atoms with E-state index in [4.69, 9.17) is 9.94 Å². The number of hydrogen-bond acceptors (Lipinski definition) is 4. The van der Waals surface area contributed by atoms with Gasteiger partial charge < -0.3 is 4.74 Å². The maximum absolute atomic E-state index is 11.4. The average Bonchev–Trinajstić information content (AvgIpc) is 2.08. The first-order chi connectivity index (χ1) is 6.15. The summed E-state index contributed by atoms with van der Waals surface area (Å²) in [5.74, 6) is 0.0431. The van der Waals surface area contributed by atoms with E-state index in [2.05, 4.69) is 0 Å². The molecule has 0 saturated heterocycles. The van der Waals surface area contributed by atoms with Crippen molar-refractivity contribution in [2.45, 2.75) is 0 Å². The van der Waals surface area contributed by atoms with E-state index in [1.54, 1.807) is 18.2 Å². The van der Waals surface area contributed by atoms with Crippen molar-refractivity contribution >= 4 is 5.78 Å². The van der Waals surface area contributed by atoms with Crippen molar-refractivity contribution in [3.8, 4) is 0 Å². The van der Waals surface area contributed by atoms with Crippen LogP contribution < -0.4 is 0 Å². The lowest BCUT2D eigenvalue weighted by Gasteiger charge is -2.10. The Morgan fingerprint density at radius 2 is 2.31 bits per heavy atom. The van der Waals surface area contributed by atoms with E-state index in [0.717, 1.165) is 5.06 Å². The molecule has 0 amide bonds. The molecule has 0 aromatic carbocycles. The van der Waals surface area contributed by atoms with Crippen LogP contribution in [0.1, 0.15) is 0 Å². The molecular formula is C9H11NO3. The van der Waals surface area contributed by atoms with Crippen LogP contribution in [0, 0.1) is 0 Å². The lowest BCUT2D eigenvalue weighted by Crippen LogP contribution is -2.13. The molecule has 0 saturated carbocycles. The lowest BCUT2D eigenvalue weighted by molar-refractivity contribution is -0.115. The van der Waals surface area contributed by atoms with Crippen LogP contribution in [0.4, 0.5) is 0 Å². The Morgan fingerprint density at radius 1 is 1.62 bits per heavy atom. The van der Waals surface area contributed by atoms with E-state index in [1.165, 1.54) is 20.4 Å². The molecule has 0 radical (unpaired) electrons. The summed E-state index contributed by atoms with van der Waals surface area (Å²) in [4.78, 5) is 11.4. The molecule has 1 aliphatic carbocycles. The molecule has 0 fully saturated rings. The molecule has 4 heteroatoms. The van der Waals surface area contributed by atoms with Crippen molar-refractivity contribution in [1.29, 1.82) is 0 Å². The molecule has 0 spiro atoms. The first kappa shape index (κ1) is 9.54. The molecule has 0 unspecified atom stereocenters. The number of allylic oxidation sites excluding steroid dienone is 4. The van der Waals surface area contributed by atoms with Gasteiger partial charge in [-0.2, -0.15) is 0 Å². The fourth-order valence-corrected chi connectivity index (χ4v) is 0.996. The molecular weight excluding hydrogens is 170 g/mol. The van der Waals surface area contributed by atoms with Gasteiger partial charge >= 0.3 is 0 Å². The van der Waals surface area contributed by atoms with Crippen molar-refractivity contribution in [2.24, 2.45) is 0 Å². The minimum atomic E-state index is -0.231. The number of ketones is 1. The summed E-state index contributed by atoms with van der Waals surface area (Å²) in [6.07, 6.45) is 6.20. The molecule has 0 bridgehead atoms. The summed E-state index contributed by atoms with van der Waals surface area (Å²) in [6.45, 7) is 0. The number of carbonyl (C=O) groups excluding carboxylic acids is 1. The summed E-state index contributed by atoms with van der Waals surface area (Å²) in [7, 11) is 2.86. The van der Waals surface area contributed by atoms with Crippen molar-refractivity contribution in [3.63, 3.8) is 0 Å². The van der Waals surface area contributed by atoms with Gasteiger partial charge in [-0.25, -0.2) is 0 Å². The van der Waals surface area contributed by atoms with Gasteiger partial charge in [0.2, 0.25) is 5.78 Å². The molecule has 0 aromatic rings. The van der Waals surface area contributed by atoms with Gasteiger partial charge in [0.25, 0.3) is 0 Å². The van der Waals surface area contributed by atoms with Crippen molar-refractivity contribution in [1.82, 2.24) is 5.06 Å². The number of methoxy groups -OCH3 is 1. The lowest BCUT2D eigenvalue weighted by atomic mass is 10.1. The highest BCUT2D eigenvalue weighted by molar-refractivity contribution is 6.09. The molecule has 1 rings (SSSR count). The van der Waals surface area contributed by atoms with Gasteiger partial charge in [-0.05, 0) is 12.2 Å². The normalized spacial score (nSPS) is 18.8. The third kappa shape index (κ3) is 2.19. The first-order valence-electron chi connectivity index (χ1n) is 3.75. The van der Waals surface area contributed by atoms with Crippen LogP contribution in [0.25, 0.3) is 0 Å². The van der Waals surface area contributed by atoms with E-state index in [0.29, 0.717) is 5.57 Å². The van der Waals surface area contributed by atoms with Crippen molar-refractivity contribution in [3.05, 3.63) is 35.8 Å². The third-order valence-corrected chi connectivity index (χ3v) is 1.56. The van der Waals surface area contributed by atoms with E-state index >= 15 is 0 Å². The highest BCUT2D eigenvalue weighted by Gasteiger charge is 2.16. The summed E-state index contributed by atoms with van der Waals surface area (Å²) in [5.41, 5.74) is 0.393. The number of hydroxylamine groups is 2. The average molecular weight is 181 g/mol. The number of nitrogens with zero attached hydrogens (tertiary/aromatic N) is 1. The number of hydrogen-bond donors (Lipinski definition) is 1. The number of rotatable bonds is 2. The SMILES string of the molecule is COC1=CC=CC(=CN(C)O)C1=O. The summed E-state index contributed by atoms with van der Waals surface area (Å²) in [6, 6.07) is 0. The molecule has 13 heavy (non-hydrogen) atoms. The van der Waals surface area contributed by atoms with Gasteiger partial charge in [0, 0.05) is 18.8 Å². The fourth-order valence-electron chi connectivity index (χ4n) is 0.996. The van der Waals surface area contributed by atoms with Gasteiger partial charge in [-0.3, -0.25) is 15.1 Å². The predicted molar refractivity (Wildman–Crippen MR) is 46.9 cm³/mol. The van der Waals surface area contributed by atoms with Crippen molar-refractivity contribution in [2.75, 3.05) is 14.2 Å². The van der Waals surface area contributed by atoms with E-state index in [1.807, 2.05) is 0 Å². The molecule has 0 aromatic heterocycles. The van der Waals surface area contributed by atoms with Crippen LogP contribution in [0.5, 0.6) is 0 Å². The Kier molecular flexibility index (Phi) is 2.87. The number of ether oxygens (including phenoxy) is 1. The van der Waals surface area contributed by atoms with Crippen LogP contribution >= 0.6 is 0 Å². The molecule has 70 valence electrons. The van der Waals surface area contributed by atoms with Gasteiger partial charge in [-0.15, -0.1) is 0 Å². The Hall–Kier alpha value is -1.55. The summed E-state index contributed by atoms with van der Waals surface area (Å²) < 4.78 is 4.83. The summed E-state index contributed by atoms with van der Waals surface area (Å²) >= 11 is 0. The second kappa shape index (κ2) is 3.91. The Balaban J connectivity index is 2.90. The van der Waals surface area contributed by atoms with Crippen LogP contribution in [0.15, 0.2) is 35.8 Å². The van der Waals surface area contributed by atoms with Crippen LogP contribution in [-0.2, 0) is 9.53 Å².